The summed E-state index contributed by atoms with van der Waals surface area (Å²) < 4.78 is 0. The summed E-state index contributed by atoms with van der Waals surface area (Å²) in [6, 6.07) is 0. The Hall–Kier alpha value is -0.940. The molecule has 0 amide bonds. The zero-order valence-electron chi connectivity index (χ0n) is 7.41. The number of aromatic nitrogens is 1. The summed E-state index contributed by atoms with van der Waals surface area (Å²) in [5.74, 6) is -0.891. The fraction of sp³-hybridized carbons (Fsp3) is 0.500. The van der Waals surface area contributed by atoms with E-state index in [-0.39, 0.29) is 0 Å². The van der Waals surface area contributed by atoms with Gasteiger partial charge in [-0.2, -0.15) is 0 Å². The van der Waals surface area contributed by atoms with E-state index in [4.69, 9.17) is 10.8 Å². The molecule has 0 atom stereocenters. The van der Waals surface area contributed by atoms with Crippen molar-refractivity contribution in [3.8, 4) is 0 Å². The Morgan fingerprint density at radius 3 is 2.77 bits per heavy atom. The highest BCUT2D eigenvalue weighted by Gasteiger charge is 2.14. The van der Waals surface area contributed by atoms with E-state index in [0.29, 0.717) is 30.0 Å². The Kier molecular flexibility index (Phi) is 3.39. The van der Waals surface area contributed by atoms with Crippen molar-refractivity contribution in [3.63, 3.8) is 0 Å². The predicted octanol–water partition coefficient (Wildman–Crippen LogP) is 0.905. The topological polar surface area (TPSA) is 76.2 Å². The van der Waals surface area contributed by atoms with Gasteiger partial charge < -0.3 is 10.8 Å². The largest absolute Gasteiger partial charge is 0.477 e. The number of nitrogens with zero attached hydrogens (tertiary/aromatic N) is 1. The van der Waals surface area contributed by atoms with E-state index in [1.807, 2.05) is 6.92 Å². The maximum atomic E-state index is 10.7. The standard InChI is InChI=1S/C8H12N2O2S/c1-2-5-7(8(11)12)13-6(10-5)3-4-9/h2-4,9H2,1H3,(H,11,12). The molecule has 0 saturated heterocycles. The number of carboxylic acid groups (broad SMARTS) is 1. The highest BCUT2D eigenvalue weighted by molar-refractivity contribution is 7.13. The lowest BCUT2D eigenvalue weighted by Crippen LogP contribution is -2.02. The summed E-state index contributed by atoms with van der Waals surface area (Å²) in [5, 5.41) is 9.63. The Morgan fingerprint density at radius 2 is 2.38 bits per heavy atom. The van der Waals surface area contributed by atoms with Crippen LogP contribution in [-0.2, 0) is 12.8 Å². The van der Waals surface area contributed by atoms with Crippen LogP contribution in [0.1, 0.15) is 27.3 Å². The average molecular weight is 200 g/mol. The number of rotatable bonds is 4. The molecule has 1 heterocycles. The molecule has 0 aliphatic rings. The van der Waals surface area contributed by atoms with Gasteiger partial charge in [0, 0.05) is 6.42 Å². The summed E-state index contributed by atoms with van der Waals surface area (Å²) in [5.41, 5.74) is 6.02. The molecule has 0 saturated carbocycles. The van der Waals surface area contributed by atoms with E-state index in [1.54, 1.807) is 0 Å². The first-order chi connectivity index (χ1) is 6.19. The van der Waals surface area contributed by atoms with E-state index < -0.39 is 5.97 Å². The normalized spacial score (nSPS) is 10.3. The van der Waals surface area contributed by atoms with Gasteiger partial charge in [0.15, 0.2) is 0 Å². The molecule has 72 valence electrons. The van der Waals surface area contributed by atoms with E-state index in [2.05, 4.69) is 4.98 Å². The van der Waals surface area contributed by atoms with Crippen molar-refractivity contribution in [2.24, 2.45) is 5.73 Å². The van der Waals surface area contributed by atoms with Crippen molar-refractivity contribution < 1.29 is 9.90 Å². The molecule has 4 nitrogen and oxygen atoms in total. The van der Waals surface area contributed by atoms with Gasteiger partial charge >= 0.3 is 5.97 Å². The minimum atomic E-state index is -0.891. The Labute approximate surface area is 80.4 Å². The van der Waals surface area contributed by atoms with Crippen molar-refractivity contribution >= 4 is 17.3 Å². The number of carbonyl (C=O) groups is 1. The second-order valence-corrected chi connectivity index (χ2v) is 3.66. The van der Waals surface area contributed by atoms with Gasteiger partial charge in [0.25, 0.3) is 0 Å². The summed E-state index contributed by atoms with van der Waals surface area (Å²) in [6.07, 6.45) is 1.31. The monoisotopic (exact) mass is 200 g/mol. The SMILES string of the molecule is CCc1nc(CCN)sc1C(=O)O. The Bertz CT molecular complexity index is 309. The highest BCUT2D eigenvalue weighted by Crippen LogP contribution is 2.19. The third kappa shape index (κ3) is 2.26. The predicted molar refractivity (Wildman–Crippen MR) is 51.2 cm³/mol. The summed E-state index contributed by atoms with van der Waals surface area (Å²) >= 11 is 1.23. The molecule has 0 spiro atoms. The van der Waals surface area contributed by atoms with Gasteiger partial charge in [0.1, 0.15) is 4.88 Å². The van der Waals surface area contributed by atoms with Crippen LogP contribution in [0, 0.1) is 0 Å². The third-order valence-electron chi connectivity index (χ3n) is 1.63. The number of aryl methyl sites for hydroxylation is 1. The minimum absolute atomic E-state index is 0.353. The zero-order valence-corrected chi connectivity index (χ0v) is 8.23. The van der Waals surface area contributed by atoms with Crippen LogP contribution in [0.3, 0.4) is 0 Å². The number of nitrogens with two attached hydrogens (primary N) is 1. The van der Waals surface area contributed by atoms with Crippen LogP contribution in [0.2, 0.25) is 0 Å². The second-order valence-electron chi connectivity index (χ2n) is 2.58. The van der Waals surface area contributed by atoms with Crippen molar-refractivity contribution in [1.82, 2.24) is 4.98 Å². The van der Waals surface area contributed by atoms with Gasteiger partial charge in [0.2, 0.25) is 0 Å². The molecule has 0 fully saturated rings. The van der Waals surface area contributed by atoms with Gasteiger partial charge in [-0.25, -0.2) is 9.78 Å². The fourth-order valence-electron chi connectivity index (χ4n) is 1.04. The van der Waals surface area contributed by atoms with Gasteiger partial charge in [-0.3, -0.25) is 0 Å². The smallest absolute Gasteiger partial charge is 0.347 e. The summed E-state index contributed by atoms with van der Waals surface area (Å²) in [6.45, 7) is 2.41. The number of aromatic carboxylic acids is 1. The molecule has 5 heteroatoms. The van der Waals surface area contributed by atoms with Crippen LogP contribution in [-0.4, -0.2) is 22.6 Å². The van der Waals surface area contributed by atoms with Gasteiger partial charge in [-0.05, 0) is 13.0 Å². The number of carboxylic acids is 1. The second kappa shape index (κ2) is 4.34. The molecule has 0 radical (unpaired) electrons. The van der Waals surface area contributed by atoms with Crippen molar-refractivity contribution in [2.75, 3.05) is 6.54 Å². The molecule has 1 aromatic heterocycles. The van der Waals surface area contributed by atoms with Gasteiger partial charge in [0.05, 0.1) is 10.7 Å². The van der Waals surface area contributed by atoms with Crippen LogP contribution < -0.4 is 5.73 Å². The summed E-state index contributed by atoms with van der Waals surface area (Å²) in [4.78, 5) is 15.3. The lowest BCUT2D eigenvalue weighted by molar-refractivity contribution is 0.0701. The summed E-state index contributed by atoms with van der Waals surface area (Å²) in [7, 11) is 0. The lowest BCUT2D eigenvalue weighted by Gasteiger charge is -1.89. The molecule has 0 aromatic carbocycles. The van der Waals surface area contributed by atoms with Crippen LogP contribution >= 0.6 is 11.3 Å². The van der Waals surface area contributed by atoms with E-state index in [9.17, 15) is 4.79 Å². The van der Waals surface area contributed by atoms with Crippen molar-refractivity contribution in [1.29, 1.82) is 0 Å². The first-order valence-electron chi connectivity index (χ1n) is 4.11. The number of hydrogen-bond donors (Lipinski definition) is 2. The maximum absolute atomic E-state index is 10.7. The molecule has 0 bridgehead atoms. The number of thiazole rings is 1. The quantitative estimate of drug-likeness (QED) is 0.757. The van der Waals surface area contributed by atoms with Crippen LogP contribution in [0.5, 0.6) is 0 Å². The van der Waals surface area contributed by atoms with E-state index in [0.717, 1.165) is 5.01 Å². The maximum Gasteiger partial charge on any atom is 0.347 e. The molecule has 0 aliphatic heterocycles. The van der Waals surface area contributed by atoms with Crippen molar-refractivity contribution in [3.05, 3.63) is 15.6 Å². The molecule has 1 rings (SSSR count). The highest BCUT2D eigenvalue weighted by atomic mass is 32.1. The van der Waals surface area contributed by atoms with Crippen LogP contribution in [0.25, 0.3) is 0 Å². The van der Waals surface area contributed by atoms with Crippen LogP contribution in [0.15, 0.2) is 0 Å². The van der Waals surface area contributed by atoms with E-state index >= 15 is 0 Å². The average Bonchev–Trinajstić information content (AvgIpc) is 2.48. The minimum Gasteiger partial charge on any atom is -0.477 e. The van der Waals surface area contributed by atoms with Gasteiger partial charge in [-0.15, -0.1) is 11.3 Å². The molecule has 0 aliphatic carbocycles. The first kappa shape index (κ1) is 10.1. The molecular formula is C8H12N2O2S. The van der Waals surface area contributed by atoms with E-state index in [1.165, 1.54) is 11.3 Å². The molecular weight excluding hydrogens is 188 g/mol. The molecule has 3 N–H and O–H groups in total. The van der Waals surface area contributed by atoms with Crippen molar-refractivity contribution in [2.45, 2.75) is 19.8 Å². The Balaban J connectivity index is 2.97. The van der Waals surface area contributed by atoms with Gasteiger partial charge in [-0.1, -0.05) is 6.92 Å². The molecule has 13 heavy (non-hydrogen) atoms. The third-order valence-corrected chi connectivity index (χ3v) is 2.77. The Morgan fingerprint density at radius 1 is 1.69 bits per heavy atom. The fourth-order valence-corrected chi connectivity index (χ4v) is 2.04. The number of hydrogen-bond acceptors (Lipinski definition) is 4. The lowest BCUT2D eigenvalue weighted by atomic mass is 10.3. The molecule has 0 unspecified atom stereocenters. The first-order valence-corrected chi connectivity index (χ1v) is 4.92. The molecule has 1 aromatic rings. The van der Waals surface area contributed by atoms with Crippen LogP contribution in [0.4, 0.5) is 0 Å². The zero-order chi connectivity index (χ0) is 9.84.